The Morgan fingerprint density at radius 1 is 0.475 bits per heavy atom. The average molecular weight is 1400 g/mol. The van der Waals surface area contributed by atoms with Crippen LogP contribution >= 0.6 is 0 Å². The number of hydrogen-bond acceptors (Lipinski definition) is 13. The molecular weight excluding hydrogens is 1290 g/mol. The van der Waals surface area contributed by atoms with E-state index in [9.17, 15) is 41.9 Å². The van der Waals surface area contributed by atoms with E-state index in [1.807, 2.05) is 42.4 Å². The Hall–Kier alpha value is -7.69. The number of benzene rings is 4. The second-order valence-electron chi connectivity index (χ2n) is 30.0. The molecule has 15 rings (SSSR count). The van der Waals surface area contributed by atoms with Crippen molar-refractivity contribution in [2.24, 2.45) is 0 Å². The van der Waals surface area contributed by atoms with Crippen LogP contribution in [0.1, 0.15) is 178 Å². The molecule has 3 spiro atoms. The molecule has 1 aliphatic carbocycles. The molecular formula is C79H104F3N9O10. The molecule has 0 aromatic heterocycles. The summed E-state index contributed by atoms with van der Waals surface area (Å²) in [6.07, 6.45) is 19.8. The van der Waals surface area contributed by atoms with Crippen molar-refractivity contribution in [3.8, 4) is 0 Å². The van der Waals surface area contributed by atoms with Crippen LogP contribution in [0.4, 0.5) is 49.4 Å². The predicted molar refractivity (Wildman–Crippen MR) is 383 cm³/mol. The zero-order chi connectivity index (χ0) is 70.7. The highest BCUT2D eigenvalue weighted by Crippen LogP contribution is 2.52. The van der Waals surface area contributed by atoms with Crippen LogP contribution in [-0.2, 0) is 40.0 Å². The van der Waals surface area contributed by atoms with Crippen molar-refractivity contribution in [2.45, 2.75) is 196 Å². The van der Waals surface area contributed by atoms with Crippen molar-refractivity contribution in [1.82, 2.24) is 29.4 Å². The number of piperidine rings is 6. The third kappa shape index (κ3) is 14.8. The van der Waals surface area contributed by atoms with Crippen molar-refractivity contribution >= 4 is 59.3 Å². The lowest BCUT2D eigenvalue weighted by molar-refractivity contribution is -0.116. The standard InChI is InChI=1S/C27H31F2N3O3.C27H36FN3O4.C25H35N3O3.H2/c1-2-35-26(34)31-12-8-22(9-13-31)30-14-10-27(11-15-30)18-32(24-7-6-21(29)17-23(24)27)25(33)19-4-3-5-20(28)16-19;1-2-34-26(33)31-19-7-8-20(31)16-21(15-19)29-12-10-27(11-13-29)17-30(25(32)35-22-4-3-5-22)24-9-6-18(28)14-23(24)27;1-4-6-20-7-8-23-22(17-20)25(18-28(23)19(3)29)11-15-26(16-12-25)21-9-13-27(14-10-21)24(30)31-5-2;/h3-7,16-17,22H,2,8-15,18H2,1H3;6,9,14,19-22H,2-5,7-8,10-13,15-17H2,1H3;4,6-8,17,21H,5,9-16,18H2,1-3H3;1H/b;;6-4-;. The zero-order valence-electron chi connectivity index (χ0n) is 59.7. The predicted octanol–water partition coefficient (Wildman–Crippen LogP) is 13.7. The summed E-state index contributed by atoms with van der Waals surface area (Å²) in [7, 11) is 0. The lowest BCUT2D eigenvalue weighted by Crippen LogP contribution is -2.55. The molecule has 19 nitrogen and oxygen atoms in total. The average Bonchev–Trinajstić information content (AvgIpc) is 1.59. The van der Waals surface area contributed by atoms with E-state index in [1.165, 1.54) is 41.5 Å². The smallest absolute Gasteiger partial charge is 0.414 e. The van der Waals surface area contributed by atoms with Crippen molar-refractivity contribution < 1.29 is 62.3 Å². The fourth-order valence-electron chi connectivity index (χ4n) is 18.8. The first kappa shape index (κ1) is 71.7. The third-order valence-corrected chi connectivity index (χ3v) is 24.5. The summed E-state index contributed by atoms with van der Waals surface area (Å²) >= 11 is 0. The first-order chi connectivity index (χ1) is 48.8. The van der Waals surface area contributed by atoms with Crippen LogP contribution in [0.15, 0.2) is 84.9 Å². The quantitative estimate of drug-likeness (QED) is 0.145. The van der Waals surface area contributed by atoms with Gasteiger partial charge in [-0.15, -0.1) is 0 Å². The van der Waals surface area contributed by atoms with Crippen LogP contribution in [0.3, 0.4) is 0 Å². The van der Waals surface area contributed by atoms with Crippen molar-refractivity contribution in [3.63, 3.8) is 0 Å². The lowest BCUT2D eigenvalue weighted by atomic mass is 9.73. The van der Waals surface area contributed by atoms with Crippen LogP contribution in [0.5, 0.6) is 0 Å². The molecule has 22 heteroatoms. The molecule has 2 atom stereocenters. The number of halogens is 3. The van der Waals surface area contributed by atoms with Gasteiger partial charge in [0.05, 0.1) is 25.5 Å². The highest BCUT2D eigenvalue weighted by Gasteiger charge is 2.53. The molecule has 10 aliphatic heterocycles. The summed E-state index contributed by atoms with van der Waals surface area (Å²) in [6, 6.07) is 23.6. The number of amides is 6. The molecule has 4 aromatic carbocycles. The van der Waals surface area contributed by atoms with Gasteiger partial charge in [0.25, 0.3) is 5.91 Å². The molecule has 7 saturated heterocycles. The Bertz CT molecular complexity index is 3690. The molecule has 0 N–H and O–H groups in total. The molecule has 0 radical (unpaired) electrons. The normalized spacial score (nSPS) is 23.9. The van der Waals surface area contributed by atoms with E-state index in [0.717, 1.165) is 196 Å². The summed E-state index contributed by atoms with van der Waals surface area (Å²) < 4.78 is 63.8. The maximum atomic E-state index is 14.3. The van der Waals surface area contributed by atoms with E-state index in [2.05, 4.69) is 45.1 Å². The summed E-state index contributed by atoms with van der Waals surface area (Å²) in [5.74, 6) is -1.14. The Morgan fingerprint density at radius 2 is 0.911 bits per heavy atom. The van der Waals surface area contributed by atoms with Gasteiger partial charge in [0.1, 0.15) is 23.6 Å². The summed E-state index contributed by atoms with van der Waals surface area (Å²) in [4.78, 5) is 93.8. The van der Waals surface area contributed by atoms with Crippen LogP contribution < -0.4 is 14.7 Å². The molecule has 8 fully saturated rings. The molecule has 546 valence electrons. The minimum atomic E-state index is -0.452. The van der Waals surface area contributed by atoms with Crippen LogP contribution in [0.2, 0.25) is 0 Å². The second-order valence-corrected chi connectivity index (χ2v) is 30.0. The Balaban J connectivity index is 0.000000144. The van der Waals surface area contributed by atoms with Gasteiger partial charge in [-0.25, -0.2) is 32.3 Å². The number of ether oxygens (including phenoxy) is 4. The van der Waals surface area contributed by atoms with E-state index >= 15 is 0 Å². The van der Waals surface area contributed by atoms with Gasteiger partial charge in [0, 0.05) is 118 Å². The van der Waals surface area contributed by atoms with Gasteiger partial charge in [-0.2, -0.15) is 0 Å². The van der Waals surface area contributed by atoms with E-state index in [0.29, 0.717) is 69.7 Å². The third-order valence-electron chi connectivity index (χ3n) is 24.5. The Kier molecular flexibility index (Phi) is 21.8. The molecule has 2 bridgehead atoms. The number of likely N-dealkylation sites (tertiary alicyclic amines) is 5. The number of nitrogens with zero attached hydrogens (tertiary/aromatic N) is 9. The monoisotopic (exact) mass is 1400 g/mol. The number of hydrogen-bond donors (Lipinski definition) is 0. The minimum Gasteiger partial charge on any atom is -0.450 e. The molecule has 4 aromatic rings. The SMILES string of the molecule is C/C=C\c1ccc2c(c1)C1(CCN(C3CCN(C(=O)OCC)CC3)CC1)CN2C(C)=O.CCOC(=O)N1C2CCC1CC(N1CCC3(CC1)CN(C(=O)OC1CCC1)c1ccc(F)cc13)C2.CCOC(=O)N1CCC(N2CCC3(CC2)CN(C(=O)c2cccc(F)c2)c2ccc(F)cc23)CC1.[HH]. The summed E-state index contributed by atoms with van der Waals surface area (Å²) in [5.41, 5.74) is 6.82. The molecule has 101 heavy (non-hydrogen) atoms. The zero-order valence-corrected chi connectivity index (χ0v) is 59.7. The molecule has 2 unspecified atom stereocenters. The Labute approximate surface area is 594 Å². The van der Waals surface area contributed by atoms with Gasteiger partial charge in [-0.05, 0) is 265 Å². The number of allylic oxidation sites excluding steroid dienone is 1. The largest absolute Gasteiger partial charge is 0.450 e. The number of fused-ring (bicyclic) bond motifs is 8. The highest BCUT2D eigenvalue weighted by molar-refractivity contribution is 6.08. The van der Waals surface area contributed by atoms with E-state index in [4.69, 9.17) is 18.9 Å². The molecule has 1 saturated carbocycles. The van der Waals surface area contributed by atoms with Gasteiger partial charge in [0.2, 0.25) is 5.91 Å². The van der Waals surface area contributed by atoms with Crippen LogP contribution in [0.25, 0.3) is 6.08 Å². The first-order valence-electron chi connectivity index (χ1n) is 37.6. The fraction of sp³-hybridized carbons (Fsp3) is 0.595. The summed E-state index contributed by atoms with van der Waals surface area (Å²) in [5, 5.41) is 0. The number of carbonyl (C=O) groups excluding carboxylic acids is 6. The van der Waals surface area contributed by atoms with Crippen molar-refractivity contribution in [2.75, 3.05) is 120 Å². The van der Waals surface area contributed by atoms with Gasteiger partial charge in [-0.3, -0.25) is 14.5 Å². The topological polar surface area (TPSA) is 169 Å². The van der Waals surface area contributed by atoms with Crippen LogP contribution in [-0.4, -0.2) is 207 Å². The van der Waals surface area contributed by atoms with Crippen molar-refractivity contribution in [1.29, 1.82) is 0 Å². The molecule has 6 amide bonds. The number of rotatable bonds is 9. The van der Waals surface area contributed by atoms with E-state index in [-0.39, 0.29) is 83.7 Å². The van der Waals surface area contributed by atoms with Crippen molar-refractivity contribution in [3.05, 3.63) is 130 Å². The molecule has 10 heterocycles. The minimum absolute atomic E-state index is 0. The number of carbonyl (C=O) groups is 6. The highest BCUT2D eigenvalue weighted by atomic mass is 19.1. The number of anilines is 3. The van der Waals surface area contributed by atoms with Gasteiger partial charge < -0.3 is 58.1 Å². The second kappa shape index (κ2) is 30.7. The summed E-state index contributed by atoms with van der Waals surface area (Å²) in [6.45, 7) is 20.9. The fourth-order valence-corrected chi connectivity index (χ4v) is 18.8. The van der Waals surface area contributed by atoms with Gasteiger partial charge in [0.15, 0.2) is 0 Å². The van der Waals surface area contributed by atoms with E-state index < -0.39 is 5.82 Å². The van der Waals surface area contributed by atoms with Gasteiger partial charge in [-0.1, -0.05) is 24.3 Å². The van der Waals surface area contributed by atoms with Gasteiger partial charge >= 0.3 is 24.4 Å². The molecule has 11 aliphatic rings. The van der Waals surface area contributed by atoms with E-state index in [1.54, 1.807) is 52.0 Å². The lowest BCUT2D eigenvalue weighted by Gasteiger charge is -2.47. The maximum absolute atomic E-state index is 14.3. The first-order valence-corrected chi connectivity index (χ1v) is 37.6. The Morgan fingerprint density at radius 3 is 1.38 bits per heavy atom. The van der Waals surface area contributed by atoms with Crippen LogP contribution in [0, 0.1) is 17.5 Å². The maximum Gasteiger partial charge on any atom is 0.414 e.